The van der Waals surface area contributed by atoms with E-state index in [0.29, 0.717) is 42.3 Å². The second-order valence-corrected chi connectivity index (χ2v) is 9.74. The summed E-state index contributed by atoms with van der Waals surface area (Å²) in [5.41, 5.74) is 2.23. The van der Waals surface area contributed by atoms with E-state index in [-0.39, 0.29) is 23.4 Å². The minimum Gasteiger partial charge on any atom is -0.378 e. The van der Waals surface area contributed by atoms with Crippen molar-refractivity contribution in [2.75, 3.05) is 39.4 Å². The maximum absolute atomic E-state index is 13.3. The van der Waals surface area contributed by atoms with Crippen molar-refractivity contribution in [1.29, 1.82) is 0 Å². The van der Waals surface area contributed by atoms with Gasteiger partial charge in [0.1, 0.15) is 0 Å². The number of amides is 1. The first-order valence-electron chi connectivity index (χ1n) is 10.1. The second-order valence-electron chi connectivity index (χ2n) is 7.78. The number of nitrogens with zero attached hydrogens (tertiary/aromatic N) is 3. The van der Waals surface area contributed by atoms with E-state index in [0.717, 1.165) is 31.6 Å². The quantitative estimate of drug-likeness (QED) is 0.792. The van der Waals surface area contributed by atoms with E-state index in [9.17, 15) is 13.2 Å². The third-order valence-electron chi connectivity index (χ3n) is 5.94. The molecule has 0 unspecified atom stereocenters. The molecule has 29 heavy (non-hydrogen) atoms. The lowest BCUT2D eigenvalue weighted by Crippen LogP contribution is -2.41. The van der Waals surface area contributed by atoms with Gasteiger partial charge in [0.2, 0.25) is 0 Å². The largest absolute Gasteiger partial charge is 0.378 e. The summed E-state index contributed by atoms with van der Waals surface area (Å²) in [6, 6.07) is 7.14. The molecule has 0 radical (unpaired) electrons. The van der Waals surface area contributed by atoms with E-state index >= 15 is 0 Å². The molecule has 4 heterocycles. The molecule has 1 amide bonds. The van der Waals surface area contributed by atoms with Crippen molar-refractivity contribution in [3.63, 3.8) is 0 Å². The zero-order valence-corrected chi connectivity index (χ0v) is 17.0. The summed E-state index contributed by atoms with van der Waals surface area (Å²) in [6.45, 7) is 3.69. The molecule has 1 aromatic heterocycles. The van der Waals surface area contributed by atoms with E-state index in [1.165, 1.54) is 0 Å². The molecule has 8 nitrogen and oxygen atoms in total. The Bertz CT molecular complexity index is 1050. The molecule has 1 N–H and O–H groups in total. The van der Waals surface area contributed by atoms with Crippen LogP contribution in [-0.2, 0) is 20.3 Å². The molecule has 2 aromatic rings. The molecule has 0 saturated carbocycles. The number of sulfone groups is 1. The fourth-order valence-electron chi connectivity index (χ4n) is 4.49. The molecule has 0 aliphatic carbocycles. The molecule has 9 heteroatoms. The summed E-state index contributed by atoms with van der Waals surface area (Å²) < 4.78 is 33.2. The number of carbonyl (C=O) groups excluding carboxylic acids is 1. The number of fused-ring (bicyclic) bond motifs is 3. The highest BCUT2D eigenvalue weighted by atomic mass is 32.2. The van der Waals surface area contributed by atoms with Crippen molar-refractivity contribution in [3.05, 3.63) is 35.5 Å². The number of nitrogens with one attached hydrogen (secondary N) is 1. The van der Waals surface area contributed by atoms with E-state index < -0.39 is 9.84 Å². The van der Waals surface area contributed by atoms with Crippen molar-refractivity contribution in [2.24, 2.45) is 0 Å². The second kappa shape index (κ2) is 7.23. The van der Waals surface area contributed by atoms with Gasteiger partial charge in [-0.15, -0.1) is 0 Å². The van der Waals surface area contributed by atoms with Crippen LogP contribution in [0.5, 0.6) is 0 Å². The van der Waals surface area contributed by atoms with E-state index in [1.807, 2.05) is 16.8 Å². The molecule has 0 bridgehead atoms. The van der Waals surface area contributed by atoms with Gasteiger partial charge in [0.25, 0.3) is 5.91 Å². The molecular formula is C20H24N4O4S. The van der Waals surface area contributed by atoms with Crippen LogP contribution in [-0.4, -0.2) is 68.4 Å². The van der Waals surface area contributed by atoms with Gasteiger partial charge in [0, 0.05) is 30.8 Å². The highest BCUT2D eigenvalue weighted by molar-refractivity contribution is 7.90. The number of carbonyl (C=O) groups is 1. The molecule has 0 spiro atoms. The van der Waals surface area contributed by atoms with E-state index in [2.05, 4.69) is 5.32 Å². The minimum absolute atomic E-state index is 0.0950. The molecule has 5 rings (SSSR count). The highest BCUT2D eigenvalue weighted by Crippen LogP contribution is 2.41. The van der Waals surface area contributed by atoms with Gasteiger partial charge in [-0.2, -0.15) is 5.10 Å². The molecule has 1 aromatic carbocycles. The van der Waals surface area contributed by atoms with Crippen LogP contribution < -0.4 is 5.32 Å². The van der Waals surface area contributed by atoms with Gasteiger partial charge in [-0.25, -0.2) is 8.42 Å². The van der Waals surface area contributed by atoms with Crippen molar-refractivity contribution in [1.82, 2.24) is 20.0 Å². The number of piperidine rings is 1. The first kappa shape index (κ1) is 18.8. The Labute approximate surface area is 169 Å². The average Bonchev–Trinajstić information content (AvgIpc) is 3.13. The lowest BCUT2D eigenvalue weighted by molar-refractivity contribution is 0.0297. The average molecular weight is 417 g/mol. The van der Waals surface area contributed by atoms with Gasteiger partial charge in [-0.1, -0.05) is 18.2 Å². The molecule has 3 aliphatic heterocycles. The number of hydrogen-bond acceptors (Lipinski definition) is 6. The van der Waals surface area contributed by atoms with Crippen molar-refractivity contribution >= 4 is 15.7 Å². The van der Waals surface area contributed by atoms with Crippen LogP contribution in [0.1, 0.15) is 34.9 Å². The van der Waals surface area contributed by atoms with Crippen LogP contribution in [0.25, 0.3) is 11.3 Å². The van der Waals surface area contributed by atoms with Gasteiger partial charge in [-0.05, 0) is 25.5 Å². The number of rotatable bonds is 2. The highest BCUT2D eigenvalue weighted by Gasteiger charge is 2.38. The zero-order valence-electron chi connectivity index (χ0n) is 16.1. The lowest BCUT2D eigenvalue weighted by Gasteiger charge is -2.27. The van der Waals surface area contributed by atoms with Gasteiger partial charge >= 0.3 is 0 Å². The molecule has 2 saturated heterocycles. The van der Waals surface area contributed by atoms with Crippen molar-refractivity contribution < 1.29 is 17.9 Å². The van der Waals surface area contributed by atoms with Gasteiger partial charge < -0.3 is 15.0 Å². The Morgan fingerprint density at radius 3 is 2.76 bits per heavy atom. The van der Waals surface area contributed by atoms with E-state index in [1.54, 1.807) is 17.0 Å². The Hall–Kier alpha value is -2.23. The zero-order chi connectivity index (χ0) is 20.0. The fraction of sp³-hybridized carbons (Fsp3) is 0.500. The summed E-state index contributed by atoms with van der Waals surface area (Å²) in [5.74, 6) is -0.396. The monoisotopic (exact) mass is 416 g/mol. The Morgan fingerprint density at radius 2 is 2.00 bits per heavy atom. The first-order valence-corrected chi connectivity index (χ1v) is 11.7. The standard InChI is InChI=1S/C20H24N4O4S/c25-20(23-8-10-28-11-9-23)18-16-13-29(26,27)17-6-2-1-5-15(17)19(16)24(22-18)14-4-3-7-21-12-14/h1-2,5-6,14,21H,3-4,7-13H2/t14-/m1/s1. The topological polar surface area (TPSA) is 93.5 Å². The van der Waals surface area contributed by atoms with Crippen molar-refractivity contribution in [2.45, 2.75) is 29.5 Å². The summed E-state index contributed by atoms with van der Waals surface area (Å²) in [4.78, 5) is 15.3. The summed E-state index contributed by atoms with van der Waals surface area (Å²) in [5, 5.41) is 8.13. The number of morpholine rings is 1. The predicted octanol–water partition coefficient (Wildman–Crippen LogP) is 1.23. The van der Waals surface area contributed by atoms with Crippen LogP contribution in [0.15, 0.2) is 29.2 Å². The van der Waals surface area contributed by atoms with Crippen molar-refractivity contribution in [3.8, 4) is 11.3 Å². The number of aromatic nitrogens is 2. The van der Waals surface area contributed by atoms with Crippen LogP contribution >= 0.6 is 0 Å². The molecule has 154 valence electrons. The summed E-state index contributed by atoms with van der Waals surface area (Å²) in [6.07, 6.45) is 1.97. The minimum atomic E-state index is -3.52. The maximum atomic E-state index is 13.3. The summed E-state index contributed by atoms with van der Waals surface area (Å²) in [7, 11) is -3.52. The SMILES string of the molecule is O=C(c1nn([C@@H]2CCCNC2)c2c1CS(=O)(=O)c1ccccc1-2)N1CCOCC1. The number of benzene rings is 1. The van der Waals surface area contributed by atoms with Gasteiger partial charge in [-0.3, -0.25) is 9.48 Å². The van der Waals surface area contributed by atoms with Crippen LogP contribution in [0.4, 0.5) is 0 Å². The number of hydrogen-bond donors (Lipinski definition) is 1. The van der Waals surface area contributed by atoms with Gasteiger partial charge in [0.05, 0.1) is 35.6 Å². The van der Waals surface area contributed by atoms with Crippen LogP contribution in [0, 0.1) is 0 Å². The van der Waals surface area contributed by atoms with Crippen LogP contribution in [0.3, 0.4) is 0 Å². The molecule has 3 aliphatic rings. The van der Waals surface area contributed by atoms with Crippen LogP contribution in [0.2, 0.25) is 0 Å². The van der Waals surface area contributed by atoms with Gasteiger partial charge in [0.15, 0.2) is 15.5 Å². The third-order valence-corrected chi connectivity index (χ3v) is 7.63. The normalized spacial score (nSPS) is 23.3. The predicted molar refractivity (Wildman–Crippen MR) is 106 cm³/mol. The molecule has 2 fully saturated rings. The fourth-order valence-corrected chi connectivity index (χ4v) is 6.08. The maximum Gasteiger partial charge on any atom is 0.274 e. The summed E-state index contributed by atoms with van der Waals surface area (Å²) >= 11 is 0. The Kier molecular flexibility index (Phi) is 4.68. The molecule has 1 atom stereocenters. The number of ether oxygens (including phenoxy) is 1. The smallest absolute Gasteiger partial charge is 0.274 e. The third kappa shape index (κ3) is 3.17. The molecular weight excluding hydrogens is 392 g/mol. The Morgan fingerprint density at radius 1 is 1.21 bits per heavy atom. The van der Waals surface area contributed by atoms with E-state index in [4.69, 9.17) is 9.84 Å². The Balaban J connectivity index is 1.68. The lowest BCUT2D eigenvalue weighted by atomic mass is 10.0. The first-order chi connectivity index (χ1) is 14.1.